The van der Waals surface area contributed by atoms with Gasteiger partial charge in [0, 0.05) is 37.7 Å². The number of hydrogen-bond donors (Lipinski definition) is 2. The minimum Gasteiger partial charge on any atom is -0.369 e. The number of rotatable bonds is 10. The van der Waals surface area contributed by atoms with Crippen molar-refractivity contribution in [2.75, 3.05) is 10.2 Å². The van der Waals surface area contributed by atoms with Gasteiger partial charge >= 0.3 is 0 Å². The summed E-state index contributed by atoms with van der Waals surface area (Å²) in [6.45, 7) is 2.07. The molecule has 1 aromatic heterocycles. The summed E-state index contributed by atoms with van der Waals surface area (Å²) in [5.41, 5.74) is 8.14. The highest BCUT2D eigenvalue weighted by molar-refractivity contribution is 5.76. The molecule has 0 saturated heterocycles. The van der Waals surface area contributed by atoms with Crippen LogP contribution < -0.4 is 16.0 Å². The molecular formula is C25H27F2N5O. The molecule has 0 spiro atoms. The van der Waals surface area contributed by atoms with E-state index in [-0.39, 0.29) is 17.9 Å². The second-order valence-corrected chi connectivity index (χ2v) is 8.52. The predicted octanol–water partition coefficient (Wildman–Crippen LogP) is 4.40. The summed E-state index contributed by atoms with van der Waals surface area (Å²) in [5, 5.41) is 3.31. The number of nitrogens with one attached hydrogen (secondary N) is 1. The maximum Gasteiger partial charge on any atom is 0.270 e. The third-order valence-corrected chi connectivity index (χ3v) is 5.62. The number of primary amides is 1. The van der Waals surface area contributed by atoms with Crippen LogP contribution in [0.3, 0.4) is 0 Å². The van der Waals surface area contributed by atoms with E-state index in [4.69, 9.17) is 5.73 Å². The Labute approximate surface area is 191 Å². The van der Waals surface area contributed by atoms with E-state index in [1.807, 2.05) is 30.3 Å². The van der Waals surface area contributed by atoms with E-state index in [1.165, 1.54) is 18.5 Å². The Morgan fingerprint density at radius 3 is 2.30 bits per heavy atom. The number of alkyl halides is 2. The summed E-state index contributed by atoms with van der Waals surface area (Å²) >= 11 is 0. The van der Waals surface area contributed by atoms with Crippen LogP contribution in [0.15, 0.2) is 60.9 Å². The van der Waals surface area contributed by atoms with Crippen molar-refractivity contribution in [3.05, 3.63) is 83.2 Å². The summed E-state index contributed by atoms with van der Waals surface area (Å²) in [7, 11) is 0. The van der Waals surface area contributed by atoms with Crippen molar-refractivity contribution in [1.29, 1.82) is 0 Å². The van der Waals surface area contributed by atoms with Crippen LogP contribution in [0.4, 0.5) is 20.4 Å². The second-order valence-electron chi connectivity index (χ2n) is 8.52. The fraction of sp³-hybridized carbons (Fsp3) is 0.320. The Morgan fingerprint density at radius 2 is 1.70 bits per heavy atom. The van der Waals surface area contributed by atoms with Crippen LogP contribution in [0.2, 0.25) is 0 Å². The zero-order valence-corrected chi connectivity index (χ0v) is 18.5. The largest absolute Gasteiger partial charge is 0.369 e. The van der Waals surface area contributed by atoms with Crippen LogP contribution in [-0.4, -0.2) is 21.9 Å². The van der Waals surface area contributed by atoms with Gasteiger partial charge in [0.1, 0.15) is 18.0 Å². The van der Waals surface area contributed by atoms with E-state index in [9.17, 15) is 13.6 Å². The third kappa shape index (κ3) is 6.25. The number of carbonyl (C=O) groups excluding carboxylic acids is 1. The molecule has 1 aliphatic carbocycles. The minimum absolute atomic E-state index is 0.0143. The van der Waals surface area contributed by atoms with E-state index < -0.39 is 5.92 Å². The molecule has 3 aromatic rings. The number of hydrogen-bond acceptors (Lipinski definition) is 5. The number of benzene rings is 2. The molecule has 1 saturated carbocycles. The first-order chi connectivity index (χ1) is 15.8. The van der Waals surface area contributed by atoms with Crippen LogP contribution in [0.1, 0.15) is 42.0 Å². The molecular weight excluding hydrogens is 424 g/mol. The molecule has 0 unspecified atom stereocenters. The molecule has 1 fully saturated rings. The molecule has 33 heavy (non-hydrogen) atoms. The van der Waals surface area contributed by atoms with Crippen LogP contribution >= 0.6 is 0 Å². The van der Waals surface area contributed by atoms with Gasteiger partial charge < -0.3 is 16.0 Å². The van der Waals surface area contributed by atoms with Crippen molar-refractivity contribution < 1.29 is 13.6 Å². The monoisotopic (exact) mass is 451 g/mol. The van der Waals surface area contributed by atoms with Crippen LogP contribution in [0.25, 0.3) is 0 Å². The van der Waals surface area contributed by atoms with E-state index in [0.717, 1.165) is 42.3 Å². The molecule has 0 aliphatic heterocycles. The van der Waals surface area contributed by atoms with Gasteiger partial charge in [-0.25, -0.2) is 18.7 Å². The quantitative estimate of drug-likeness (QED) is 0.477. The summed E-state index contributed by atoms with van der Waals surface area (Å²) in [5.74, 6) is -1.69. The van der Waals surface area contributed by atoms with Gasteiger partial charge in [-0.2, -0.15) is 0 Å². The summed E-state index contributed by atoms with van der Waals surface area (Å²) in [6.07, 6.45) is 3.92. The number of carbonyl (C=O) groups is 1. The molecule has 0 atom stereocenters. The molecule has 0 bridgehead atoms. The standard InChI is InChI=1S/C25H27F2N5O/c1-25(26,27)20-8-6-19(7-9-20)15-32(21-10-11-21)24-13-23(30-16-31-24)29-14-18-4-2-17(3-5-18)12-22(28)33/h2-9,13,16,21H,10-12,14-15H2,1H3,(H2,28,33)(H,29,30,31). The number of aromatic nitrogens is 2. The Kier molecular flexibility index (Phi) is 6.53. The summed E-state index contributed by atoms with van der Waals surface area (Å²) < 4.78 is 27.0. The second kappa shape index (κ2) is 9.52. The number of nitrogens with two attached hydrogens (primary N) is 1. The van der Waals surface area contributed by atoms with Crippen LogP contribution in [-0.2, 0) is 30.2 Å². The van der Waals surface area contributed by atoms with Gasteiger partial charge in [0.2, 0.25) is 5.91 Å². The van der Waals surface area contributed by atoms with E-state index in [0.29, 0.717) is 24.9 Å². The van der Waals surface area contributed by atoms with Crippen LogP contribution in [0.5, 0.6) is 0 Å². The van der Waals surface area contributed by atoms with Crippen molar-refractivity contribution in [2.45, 2.75) is 51.2 Å². The highest BCUT2D eigenvalue weighted by Gasteiger charge is 2.30. The van der Waals surface area contributed by atoms with E-state index >= 15 is 0 Å². The fourth-order valence-corrected chi connectivity index (χ4v) is 3.65. The number of halogens is 2. The maximum atomic E-state index is 13.5. The summed E-state index contributed by atoms with van der Waals surface area (Å²) in [4.78, 5) is 22.0. The Bertz CT molecular complexity index is 1090. The topological polar surface area (TPSA) is 84.1 Å². The third-order valence-electron chi connectivity index (χ3n) is 5.62. The predicted molar refractivity (Wildman–Crippen MR) is 124 cm³/mol. The lowest BCUT2D eigenvalue weighted by Crippen LogP contribution is -2.26. The normalized spacial score (nSPS) is 13.5. The van der Waals surface area contributed by atoms with Crippen molar-refractivity contribution in [3.63, 3.8) is 0 Å². The Hall–Kier alpha value is -3.55. The first-order valence-corrected chi connectivity index (χ1v) is 10.9. The smallest absolute Gasteiger partial charge is 0.270 e. The molecule has 4 rings (SSSR count). The molecule has 6 nitrogen and oxygen atoms in total. The van der Waals surface area contributed by atoms with E-state index in [2.05, 4.69) is 20.2 Å². The zero-order chi connectivity index (χ0) is 23.4. The molecule has 0 radical (unpaired) electrons. The van der Waals surface area contributed by atoms with Crippen molar-refractivity contribution >= 4 is 17.5 Å². The lowest BCUT2D eigenvalue weighted by Gasteiger charge is -2.24. The number of nitrogens with zero attached hydrogens (tertiary/aromatic N) is 3. The molecule has 1 amide bonds. The van der Waals surface area contributed by atoms with Crippen molar-refractivity contribution in [3.8, 4) is 0 Å². The average Bonchev–Trinajstić information content (AvgIpc) is 3.62. The Balaban J connectivity index is 1.42. The molecule has 1 aliphatic rings. The number of anilines is 2. The first kappa shape index (κ1) is 22.6. The zero-order valence-electron chi connectivity index (χ0n) is 18.5. The SMILES string of the molecule is CC(F)(F)c1ccc(CN(c2cc(NCc3ccc(CC(N)=O)cc3)ncn2)C2CC2)cc1. The molecule has 8 heteroatoms. The maximum absolute atomic E-state index is 13.5. The van der Waals surface area contributed by atoms with Gasteiger partial charge in [0.15, 0.2) is 0 Å². The van der Waals surface area contributed by atoms with Gasteiger partial charge in [-0.05, 0) is 29.5 Å². The van der Waals surface area contributed by atoms with Crippen LogP contribution in [0, 0.1) is 0 Å². The van der Waals surface area contributed by atoms with Gasteiger partial charge in [-0.3, -0.25) is 4.79 Å². The lowest BCUT2D eigenvalue weighted by molar-refractivity contribution is -0.117. The van der Waals surface area contributed by atoms with E-state index in [1.54, 1.807) is 12.1 Å². The highest BCUT2D eigenvalue weighted by atomic mass is 19.3. The van der Waals surface area contributed by atoms with Gasteiger partial charge in [0.05, 0.1) is 6.42 Å². The van der Waals surface area contributed by atoms with Gasteiger partial charge in [-0.1, -0.05) is 48.5 Å². The average molecular weight is 452 g/mol. The fourth-order valence-electron chi connectivity index (χ4n) is 3.65. The highest BCUT2D eigenvalue weighted by Crippen LogP contribution is 2.33. The van der Waals surface area contributed by atoms with Gasteiger partial charge in [0.25, 0.3) is 5.92 Å². The Morgan fingerprint density at radius 1 is 1.06 bits per heavy atom. The van der Waals surface area contributed by atoms with Crippen molar-refractivity contribution in [2.24, 2.45) is 5.73 Å². The van der Waals surface area contributed by atoms with Gasteiger partial charge in [-0.15, -0.1) is 0 Å². The molecule has 172 valence electrons. The lowest BCUT2D eigenvalue weighted by atomic mass is 10.1. The number of amides is 1. The molecule has 3 N–H and O–H groups in total. The molecule has 1 heterocycles. The first-order valence-electron chi connectivity index (χ1n) is 10.9. The molecule has 2 aromatic carbocycles. The van der Waals surface area contributed by atoms with Crippen molar-refractivity contribution in [1.82, 2.24) is 9.97 Å². The summed E-state index contributed by atoms with van der Waals surface area (Å²) in [6, 6.07) is 16.5. The minimum atomic E-state index is -2.84.